The molecule has 7 heteroatoms. The highest BCUT2D eigenvalue weighted by molar-refractivity contribution is 7.90. The van der Waals surface area contributed by atoms with Crippen molar-refractivity contribution in [2.24, 2.45) is 0 Å². The molecule has 2 N–H and O–H groups in total. The number of nitrogens with two attached hydrogens (primary N) is 1. The lowest BCUT2D eigenvalue weighted by Crippen LogP contribution is -1.99. The summed E-state index contributed by atoms with van der Waals surface area (Å²) in [6.07, 6.45) is 1.14. The molecule has 0 aliphatic heterocycles. The maximum absolute atomic E-state index is 11.4. The molecule has 0 radical (unpaired) electrons. The van der Waals surface area contributed by atoms with E-state index in [1.807, 2.05) is 0 Å². The summed E-state index contributed by atoms with van der Waals surface area (Å²) < 4.78 is 28.4. The quantitative estimate of drug-likeness (QED) is 0.916. The van der Waals surface area contributed by atoms with Crippen LogP contribution in [0.1, 0.15) is 5.82 Å². The van der Waals surface area contributed by atoms with Crippen LogP contribution < -0.4 is 10.5 Å². The molecule has 0 amide bonds. The second-order valence-electron chi connectivity index (χ2n) is 4.03. The monoisotopic (exact) mass is 279 g/mol. The lowest BCUT2D eigenvalue weighted by molar-refractivity contribution is 0.458. The van der Waals surface area contributed by atoms with Gasteiger partial charge in [0.1, 0.15) is 17.4 Å². The zero-order valence-electron chi connectivity index (χ0n) is 10.5. The van der Waals surface area contributed by atoms with Crippen molar-refractivity contribution in [1.29, 1.82) is 0 Å². The first-order chi connectivity index (χ1) is 8.84. The van der Waals surface area contributed by atoms with Crippen LogP contribution >= 0.6 is 0 Å². The van der Waals surface area contributed by atoms with E-state index in [2.05, 4.69) is 9.97 Å². The molecule has 1 aromatic carbocycles. The number of sulfone groups is 1. The molecule has 0 saturated carbocycles. The minimum atomic E-state index is -3.27. The molecule has 0 saturated heterocycles. The van der Waals surface area contributed by atoms with E-state index in [9.17, 15) is 8.42 Å². The van der Waals surface area contributed by atoms with E-state index >= 15 is 0 Å². The van der Waals surface area contributed by atoms with Gasteiger partial charge in [-0.3, -0.25) is 0 Å². The van der Waals surface area contributed by atoms with Gasteiger partial charge in [-0.05, 0) is 25.1 Å². The van der Waals surface area contributed by atoms with Gasteiger partial charge in [-0.25, -0.2) is 13.4 Å². The Morgan fingerprint density at radius 1 is 1.21 bits per heavy atom. The maximum Gasteiger partial charge on any atom is 0.224 e. The largest absolute Gasteiger partial charge is 0.439 e. The van der Waals surface area contributed by atoms with Crippen molar-refractivity contribution in [3.63, 3.8) is 0 Å². The fourth-order valence-corrected chi connectivity index (χ4v) is 2.16. The summed E-state index contributed by atoms with van der Waals surface area (Å²) in [5.74, 6) is 1.42. The van der Waals surface area contributed by atoms with Crippen molar-refractivity contribution in [3.05, 3.63) is 36.2 Å². The standard InChI is InChI=1S/C12H13N3O3S/c1-8-14-11(13)7-12(15-8)18-9-4-3-5-10(6-9)19(2,16)17/h3-7H,1-2H3,(H2,13,14,15). The Bertz CT molecular complexity index is 694. The van der Waals surface area contributed by atoms with Crippen molar-refractivity contribution in [3.8, 4) is 11.6 Å². The van der Waals surface area contributed by atoms with Crippen LogP contribution in [0.5, 0.6) is 11.6 Å². The number of rotatable bonds is 3. The SMILES string of the molecule is Cc1nc(N)cc(Oc2cccc(S(C)(=O)=O)c2)n1. The molecule has 100 valence electrons. The Kier molecular flexibility index (Phi) is 3.39. The lowest BCUT2D eigenvalue weighted by atomic mass is 10.3. The number of nitrogens with zero attached hydrogens (tertiary/aromatic N) is 2. The zero-order valence-corrected chi connectivity index (χ0v) is 11.3. The van der Waals surface area contributed by atoms with Crippen molar-refractivity contribution in [2.45, 2.75) is 11.8 Å². The smallest absolute Gasteiger partial charge is 0.224 e. The Morgan fingerprint density at radius 2 is 1.95 bits per heavy atom. The highest BCUT2D eigenvalue weighted by Gasteiger charge is 2.09. The number of aryl methyl sites for hydroxylation is 1. The Hall–Kier alpha value is -2.15. The molecule has 6 nitrogen and oxygen atoms in total. The van der Waals surface area contributed by atoms with Crippen LogP contribution in [0.2, 0.25) is 0 Å². The first-order valence-electron chi connectivity index (χ1n) is 5.44. The molecule has 0 bridgehead atoms. The van der Waals surface area contributed by atoms with E-state index in [1.165, 1.54) is 18.2 Å². The molecule has 1 aromatic heterocycles. The molecule has 1 heterocycles. The highest BCUT2D eigenvalue weighted by Crippen LogP contribution is 2.23. The molecule has 19 heavy (non-hydrogen) atoms. The van der Waals surface area contributed by atoms with Crippen LogP contribution in [-0.2, 0) is 9.84 Å². The van der Waals surface area contributed by atoms with Crippen molar-refractivity contribution in [2.75, 3.05) is 12.0 Å². The van der Waals surface area contributed by atoms with Crippen LogP contribution in [0.25, 0.3) is 0 Å². The molecular formula is C12H13N3O3S. The lowest BCUT2D eigenvalue weighted by Gasteiger charge is -2.07. The van der Waals surface area contributed by atoms with E-state index in [0.717, 1.165) is 6.26 Å². The third-order valence-electron chi connectivity index (χ3n) is 2.29. The summed E-state index contributed by atoms with van der Waals surface area (Å²) >= 11 is 0. The van der Waals surface area contributed by atoms with Gasteiger partial charge >= 0.3 is 0 Å². The van der Waals surface area contributed by atoms with Crippen molar-refractivity contribution in [1.82, 2.24) is 9.97 Å². The van der Waals surface area contributed by atoms with E-state index in [4.69, 9.17) is 10.5 Å². The fraction of sp³-hybridized carbons (Fsp3) is 0.167. The van der Waals surface area contributed by atoms with Gasteiger partial charge in [-0.1, -0.05) is 6.07 Å². The molecule has 0 unspecified atom stereocenters. The van der Waals surface area contributed by atoms with Gasteiger partial charge in [0.25, 0.3) is 0 Å². The molecular weight excluding hydrogens is 266 g/mol. The number of benzene rings is 1. The fourth-order valence-electron chi connectivity index (χ4n) is 1.50. The van der Waals surface area contributed by atoms with Gasteiger partial charge in [0.15, 0.2) is 9.84 Å². The molecule has 0 fully saturated rings. The van der Waals surface area contributed by atoms with Gasteiger partial charge in [0.2, 0.25) is 5.88 Å². The van der Waals surface area contributed by atoms with E-state index < -0.39 is 9.84 Å². The van der Waals surface area contributed by atoms with Gasteiger partial charge in [0, 0.05) is 12.3 Å². The second-order valence-corrected chi connectivity index (χ2v) is 6.04. The second kappa shape index (κ2) is 4.85. The first-order valence-corrected chi connectivity index (χ1v) is 7.33. The third-order valence-corrected chi connectivity index (χ3v) is 3.40. The van der Waals surface area contributed by atoms with Gasteiger partial charge in [0.05, 0.1) is 4.90 Å². The minimum Gasteiger partial charge on any atom is -0.439 e. The number of hydrogen-bond donors (Lipinski definition) is 1. The Balaban J connectivity index is 2.33. The van der Waals surface area contributed by atoms with Gasteiger partial charge in [-0.2, -0.15) is 4.98 Å². The highest BCUT2D eigenvalue weighted by atomic mass is 32.2. The summed E-state index contributed by atoms with van der Waals surface area (Å²) in [4.78, 5) is 8.17. The summed E-state index contributed by atoms with van der Waals surface area (Å²) in [5, 5.41) is 0. The minimum absolute atomic E-state index is 0.184. The first kappa shape index (κ1) is 13.3. The topological polar surface area (TPSA) is 95.2 Å². The third kappa shape index (κ3) is 3.41. The average molecular weight is 279 g/mol. The number of aromatic nitrogens is 2. The van der Waals surface area contributed by atoms with Crippen molar-refractivity contribution >= 4 is 15.7 Å². The zero-order chi connectivity index (χ0) is 14.0. The van der Waals surface area contributed by atoms with E-state index in [1.54, 1.807) is 19.1 Å². The molecule has 2 rings (SSSR count). The van der Waals surface area contributed by atoms with E-state index in [-0.39, 0.29) is 10.8 Å². The van der Waals surface area contributed by atoms with Gasteiger partial charge in [-0.15, -0.1) is 0 Å². The number of hydrogen-bond acceptors (Lipinski definition) is 6. The maximum atomic E-state index is 11.4. The number of ether oxygens (including phenoxy) is 1. The summed E-state index contributed by atoms with van der Waals surface area (Å²) in [6.45, 7) is 1.69. The molecule has 0 spiro atoms. The van der Waals surface area contributed by atoms with Crippen molar-refractivity contribution < 1.29 is 13.2 Å². The Morgan fingerprint density at radius 3 is 2.58 bits per heavy atom. The van der Waals surface area contributed by atoms with E-state index in [0.29, 0.717) is 17.4 Å². The number of anilines is 1. The summed E-state index contributed by atoms with van der Waals surface area (Å²) in [6, 6.07) is 7.65. The average Bonchev–Trinajstić information content (AvgIpc) is 2.26. The van der Waals surface area contributed by atoms with Crippen LogP contribution in [0.4, 0.5) is 5.82 Å². The molecule has 0 aliphatic carbocycles. The normalized spacial score (nSPS) is 11.3. The van der Waals surface area contributed by atoms with Crippen LogP contribution in [-0.4, -0.2) is 24.6 Å². The molecule has 0 aliphatic rings. The van der Waals surface area contributed by atoms with Crippen LogP contribution in [0.15, 0.2) is 35.2 Å². The van der Waals surface area contributed by atoms with Gasteiger partial charge < -0.3 is 10.5 Å². The molecule has 0 atom stereocenters. The van der Waals surface area contributed by atoms with Crippen LogP contribution in [0.3, 0.4) is 0 Å². The Labute approximate surface area is 111 Å². The molecule has 2 aromatic rings. The summed E-state index contributed by atoms with van der Waals surface area (Å²) in [5.41, 5.74) is 5.59. The summed E-state index contributed by atoms with van der Waals surface area (Å²) in [7, 11) is -3.27. The number of nitrogen functional groups attached to an aromatic ring is 1. The van der Waals surface area contributed by atoms with Crippen LogP contribution in [0, 0.1) is 6.92 Å². The predicted molar refractivity (Wildman–Crippen MR) is 70.8 cm³/mol. The predicted octanol–water partition coefficient (Wildman–Crippen LogP) is 1.56.